The van der Waals surface area contributed by atoms with Gasteiger partial charge in [0.15, 0.2) is 4.80 Å². The summed E-state index contributed by atoms with van der Waals surface area (Å²) < 4.78 is 7.01. The van der Waals surface area contributed by atoms with Crippen LogP contribution in [-0.2, 0) is 20.9 Å². The van der Waals surface area contributed by atoms with Gasteiger partial charge in [0.1, 0.15) is 6.54 Å². The molecule has 8 nitrogen and oxygen atoms in total. The van der Waals surface area contributed by atoms with Crippen LogP contribution in [0.3, 0.4) is 0 Å². The number of carbonyl (C=O) groups is 2. The summed E-state index contributed by atoms with van der Waals surface area (Å²) in [7, 11) is 0. The molecule has 10 heteroatoms. The van der Waals surface area contributed by atoms with Gasteiger partial charge in [-0.1, -0.05) is 41.1 Å². The number of nitro groups is 1. The van der Waals surface area contributed by atoms with Crippen molar-refractivity contribution in [1.29, 1.82) is 0 Å². The van der Waals surface area contributed by atoms with Crippen molar-refractivity contribution in [2.24, 2.45) is 4.99 Å². The van der Waals surface area contributed by atoms with Gasteiger partial charge in [-0.15, -0.1) is 0 Å². The zero-order valence-electron chi connectivity index (χ0n) is 15.8. The highest BCUT2D eigenvalue weighted by atomic mass is 35.5. The number of amides is 1. The van der Waals surface area contributed by atoms with Gasteiger partial charge in [0.2, 0.25) is 0 Å². The Kier molecular flexibility index (Phi) is 6.76. The highest BCUT2D eigenvalue weighted by molar-refractivity contribution is 7.16. The van der Waals surface area contributed by atoms with E-state index in [9.17, 15) is 19.7 Å². The van der Waals surface area contributed by atoms with Gasteiger partial charge in [0.25, 0.3) is 11.6 Å². The normalized spacial score (nSPS) is 11.9. The van der Waals surface area contributed by atoms with Crippen LogP contribution in [0.25, 0.3) is 16.3 Å². The number of nitro benzene ring substituents is 1. The largest absolute Gasteiger partial charge is 0.465 e. The number of benzene rings is 2. The molecule has 1 amide bonds. The van der Waals surface area contributed by atoms with Crippen LogP contribution in [0.1, 0.15) is 12.5 Å². The Bertz CT molecular complexity index is 1230. The van der Waals surface area contributed by atoms with E-state index >= 15 is 0 Å². The van der Waals surface area contributed by atoms with Gasteiger partial charge in [0, 0.05) is 23.2 Å². The molecule has 0 aliphatic rings. The van der Waals surface area contributed by atoms with Crippen LogP contribution < -0.4 is 4.80 Å². The molecular formula is C20H16ClN3O5S. The molecule has 154 valence electrons. The Hall–Kier alpha value is -3.30. The number of thiazole rings is 1. The third-order valence-corrected chi connectivity index (χ3v) is 5.37. The number of aromatic nitrogens is 1. The number of rotatable bonds is 6. The van der Waals surface area contributed by atoms with E-state index in [1.807, 2.05) is 0 Å². The highest BCUT2D eigenvalue weighted by Crippen LogP contribution is 2.23. The second-order valence-electron chi connectivity index (χ2n) is 5.99. The molecule has 0 N–H and O–H groups in total. The maximum atomic E-state index is 12.4. The zero-order valence-corrected chi connectivity index (χ0v) is 17.4. The molecule has 1 aromatic heterocycles. The fourth-order valence-electron chi connectivity index (χ4n) is 2.65. The van der Waals surface area contributed by atoms with Gasteiger partial charge >= 0.3 is 5.97 Å². The van der Waals surface area contributed by atoms with Crippen LogP contribution >= 0.6 is 22.9 Å². The lowest BCUT2D eigenvalue weighted by Crippen LogP contribution is -2.22. The first-order valence-electron chi connectivity index (χ1n) is 8.83. The minimum Gasteiger partial charge on any atom is -0.465 e. The molecule has 3 aromatic rings. The lowest BCUT2D eigenvalue weighted by atomic mass is 10.2. The van der Waals surface area contributed by atoms with Crippen molar-refractivity contribution >= 4 is 56.8 Å². The summed E-state index contributed by atoms with van der Waals surface area (Å²) in [5.74, 6) is -1.07. The van der Waals surface area contributed by atoms with Crippen LogP contribution in [0.2, 0.25) is 5.02 Å². The predicted molar refractivity (Wildman–Crippen MR) is 114 cm³/mol. The summed E-state index contributed by atoms with van der Waals surface area (Å²) in [5, 5.41) is 11.5. The first-order valence-corrected chi connectivity index (χ1v) is 10.0. The molecule has 0 radical (unpaired) electrons. The summed E-state index contributed by atoms with van der Waals surface area (Å²) in [6.45, 7) is 1.72. The van der Waals surface area contributed by atoms with E-state index in [4.69, 9.17) is 16.3 Å². The Morgan fingerprint density at radius 3 is 2.77 bits per heavy atom. The van der Waals surface area contributed by atoms with E-state index < -0.39 is 16.8 Å². The maximum absolute atomic E-state index is 12.4. The topological polar surface area (TPSA) is 104 Å². The Balaban J connectivity index is 2.03. The first kappa shape index (κ1) is 21.4. The molecule has 0 saturated heterocycles. The lowest BCUT2D eigenvalue weighted by molar-refractivity contribution is -0.384. The molecule has 1 heterocycles. The average molecular weight is 446 g/mol. The van der Waals surface area contributed by atoms with E-state index in [1.165, 1.54) is 28.8 Å². The lowest BCUT2D eigenvalue weighted by Gasteiger charge is -2.04. The number of fused-ring (bicyclic) bond motifs is 1. The van der Waals surface area contributed by atoms with Crippen molar-refractivity contribution in [2.45, 2.75) is 13.5 Å². The predicted octanol–water partition coefficient (Wildman–Crippen LogP) is 3.97. The summed E-state index contributed by atoms with van der Waals surface area (Å²) in [6.07, 6.45) is 2.81. The van der Waals surface area contributed by atoms with E-state index in [0.29, 0.717) is 20.8 Å². The van der Waals surface area contributed by atoms with Gasteiger partial charge in [-0.05, 0) is 30.7 Å². The molecule has 3 rings (SSSR count). The molecule has 0 unspecified atom stereocenters. The quantitative estimate of drug-likeness (QED) is 0.247. The Labute approximate surface area is 179 Å². The van der Waals surface area contributed by atoms with E-state index in [2.05, 4.69) is 4.99 Å². The van der Waals surface area contributed by atoms with Crippen LogP contribution in [0.5, 0.6) is 0 Å². The van der Waals surface area contributed by atoms with Crippen LogP contribution in [0.15, 0.2) is 53.5 Å². The molecule has 30 heavy (non-hydrogen) atoms. The van der Waals surface area contributed by atoms with Gasteiger partial charge < -0.3 is 9.30 Å². The SMILES string of the molecule is CCOC(=O)Cn1c(=NC(=O)C=Cc2ccccc2Cl)sc2cc([N+](=O)[O-])ccc21. The molecule has 0 aliphatic heterocycles. The van der Waals surface area contributed by atoms with Gasteiger partial charge in [-0.2, -0.15) is 4.99 Å². The first-order chi connectivity index (χ1) is 14.4. The fourth-order valence-corrected chi connectivity index (χ4v) is 3.92. The summed E-state index contributed by atoms with van der Waals surface area (Å²) in [4.78, 5) is 39.2. The number of hydrogen-bond acceptors (Lipinski definition) is 6. The van der Waals surface area contributed by atoms with Crippen molar-refractivity contribution in [2.75, 3.05) is 6.61 Å². The summed E-state index contributed by atoms with van der Waals surface area (Å²) in [6, 6.07) is 11.3. The Morgan fingerprint density at radius 2 is 2.07 bits per heavy atom. The molecule has 0 saturated carbocycles. The van der Waals surface area contributed by atoms with E-state index in [1.54, 1.807) is 37.3 Å². The van der Waals surface area contributed by atoms with Crippen molar-refractivity contribution in [3.8, 4) is 0 Å². The van der Waals surface area contributed by atoms with Crippen LogP contribution in [0.4, 0.5) is 5.69 Å². The third-order valence-electron chi connectivity index (χ3n) is 3.99. The highest BCUT2D eigenvalue weighted by Gasteiger charge is 2.15. The van der Waals surface area contributed by atoms with Crippen molar-refractivity contribution < 1.29 is 19.2 Å². The minimum atomic E-state index is -0.561. The third kappa shape index (κ3) is 5.00. The Morgan fingerprint density at radius 1 is 1.30 bits per heavy atom. The number of hydrogen-bond donors (Lipinski definition) is 0. The molecule has 2 aromatic carbocycles. The number of non-ortho nitro benzene ring substituents is 1. The summed E-state index contributed by atoms with van der Waals surface area (Å²) >= 11 is 7.14. The molecule has 0 spiro atoms. The number of ether oxygens (including phenoxy) is 1. The molecule has 0 bridgehead atoms. The zero-order chi connectivity index (χ0) is 21.7. The second-order valence-corrected chi connectivity index (χ2v) is 7.41. The standard InChI is InChI=1S/C20H16ClN3O5S/c1-2-29-19(26)12-23-16-9-8-14(24(27)28)11-17(16)30-20(23)22-18(25)10-7-13-5-3-4-6-15(13)21/h3-11H,2,12H2,1H3. The average Bonchev–Trinajstić information content (AvgIpc) is 3.03. The number of halogens is 1. The molecule has 0 aliphatic carbocycles. The number of esters is 1. The van der Waals surface area contributed by atoms with Crippen LogP contribution in [-0.4, -0.2) is 28.0 Å². The van der Waals surface area contributed by atoms with Gasteiger partial charge in [-0.25, -0.2) is 0 Å². The fraction of sp³-hybridized carbons (Fsp3) is 0.150. The number of carbonyl (C=O) groups excluding carboxylic acids is 2. The second kappa shape index (κ2) is 9.47. The smallest absolute Gasteiger partial charge is 0.326 e. The van der Waals surface area contributed by atoms with E-state index in [-0.39, 0.29) is 23.6 Å². The van der Waals surface area contributed by atoms with E-state index in [0.717, 1.165) is 11.3 Å². The van der Waals surface area contributed by atoms with Gasteiger partial charge in [-0.3, -0.25) is 19.7 Å². The molecular weight excluding hydrogens is 430 g/mol. The van der Waals surface area contributed by atoms with Gasteiger partial charge in [0.05, 0.1) is 21.7 Å². The minimum absolute atomic E-state index is 0.0940. The molecule has 0 atom stereocenters. The van der Waals surface area contributed by atoms with Crippen LogP contribution in [0, 0.1) is 10.1 Å². The van der Waals surface area contributed by atoms with Crippen molar-refractivity contribution in [3.63, 3.8) is 0 Å². The van der Waals surface area contributed by atoms with Crippen molar-refractivity contribution in [3.05, 3.63) is 74.0 Å². The maximum Gasteiger partial charge on any atom is 0.326 e. The monoisotopic (exact) mass is 445 g/mol. The van der Waals surface area contributed by atoms with Crippen molar-refractivity contribution in [1.82, 2.24) is 4.57 Å². The summed E-state index contributed by atoms with van der Waals surface area (Å²) in [5.41, 5.74) is 1.11. The number of nitrogens with zero attached hydrogens (tertiary/aromatic N) is 3. The molecule has 0 fully saturated rings.